The van der Waals surface area contributed by atoms with Crippen molar-refractivity contribution in [1.29, 1.82) is 0 Å². The van der Waals surface area contributed by atoms with Gasteiger partial charge in [0.2, 0.25) is 0 Å². The zero-order valence-electron chi connectivity index (χ0n) is 9.41. The molecule has 1 heterocycles. The molecule has 0 aliphatic carbocycles. The van der Waals surface area contributed by atoms with Crippen LogP contribution in [0.2, 0.25) is 0 Å². The molecule has 0 unspecified atom stereocenters. The molecule has 0 bridgehead atoms. The standard InChI is InChI=1S/C13H9N5/c14-18-17-10-5-3-4-9(8-10)13-15-11-6-1-2-7-12(11)16-13/h1-8H,(H,15,16). The minimum Gasteiger partial charge on any atom is -0.338 e. The smallest absolute Gasteiger partial charge is 0.138 e. The topological polar surface area (TPSA) is 77.4 Å². The van der Waals surface area contributed by atoms with Gasteiger partial charge >= 0.3 is 0 Å². The molecule has 5 nitrogen and oxygen atoms in total. The van der Waals surface area contributed by atoms with Gasteiger partial charge in [-0.1, -0.05) is 35.4 Å². The molecule has 0 atom stereocenters. The van der Waals surface area contributed by atoms with Gasteiger partial charge in [0.05, 0.1) is 11.0 Å². The van der Waals surface area contributed by atoms with Crippen molar-refractivity contribution >= 4 is 16.7 Å². The number of rotatable bonds is 2. The number of aromatic nitrogens is 2. The van der Waals surface area contributed by atoms with E-state index in [1.54, 1.807) is 12.1 Å². The van der Waals surface area contributed by atoms with E-state index in [9.17, 15) is 0 Å². The SMILES string of the molecule is [N-]=[N+]=Nc1cccc(-c2nc3ccccc3[nH]2)c1. The van der Waals surface area contributed by atoms with Crippen LogP contribution in [0.1, 0.15) is 0 Å². The number of hydrogen-bond donors (Lipinski definition) is 1. The average Bonchev–Trinajstić information content (AvgIpc) is 2.83. The van der Waals surface area contributed by atoms with Crippen LogP contribution in [-0.2, 0) is 0 Å². The van der Waals surface area contributed by atoms with E-state index in [-0.39, 0.29) is 0 Å². The van der Waals surface area contributed by atoms with Gasteiger partial charge in [0.1, 0.15) is 5.82 Å². The van der Waals surface area contributed by atoms with E-state index in [0.717, 1.165) is 22.4 Å². The molecule has 0 fully saturated rings. The Bertz CT molecular complexity index is 720. The zero-order valence-corrected chi connectivity index (χ0v) is 9.41. The lowest BCUT2D eigenvalue weighted by Gasteiger charge is -1.97. The number of hydrogen-bond acceptors (Lipinski definition) is 2. The maximum Gasteiger partial charge on any atom is 0.138 e. The monoisotopic (exact) mass is 235 g/mol. The Morgan fingerprint density at radius 3 is 2.83 bits per heavy atom. The third kappa shape index (κ3) is 1.79. The maximum atomic E-state index is 8.43. The van der Waals surface area contributed by atoms with E-state index in [0.29, 0.717) is 5.69 Å². The van der Waals surface area contributed by atoms with Crippen molar-refractivity contribution in [3.05, 3.63) is 59.0 Å². The number of para-hydroxylation sites is 2. The molecule has 3 rings (SSSR count). The van der Waals surface area contributed by atoms with Crippen LogP contribution in [0.25, 0.3) is 32.9 Å². The molecule has 0 aliphatic heterocycles. The van der Waals surface area contributed by atoms with Crippen LogP contribution in [0.4, 0.5) is 5.69 Å². The molecule has 5 heteroatoms. The lowest BCUT2D eigenvalue weighted by atomic mass is 10.2. The van der Waals surface area contributed by atoms with Crippen molar-refractivity contribution in [3.63, 3.8) is 0 Å². The fourth-order valence-electron chi connectivity index (χ4n) is 1.86. The van der Waals surface area contributed by atoms with E-state index in [1.807, 2.05) is 36.4 Å². The third-order valence-electron chi connectivity index (χ3n) is 2.67. The molecular weight excluding hydrogens is 226 g/mol. The number of aromatic amines is 1. The zero-order chi connectivity index (χ0) is 12.4. The Hall–Kier alpha value is -2.78. The van der Waals surface area contributed by atoms with Crippen LogP contribution in [0.5, 0.6) is 0 Å². The predicted molar refractivity (Wildman–Crippen MR) is 70.3 cm³/mol. The molecule has 0 spiro atoms. The minimum absolute atomic E-state index is 0.579. The van der Waals surface area contributed by atoms with Crippen molar-refractivity contribution in [2.45, 2.75) is 0 Å². The first-order valence-corrected chi connectivity index (χ1v) is 5.47. The largest absolute Gasteiger partial charge is 0.338 e. The maximum absolute atomic E-state index is 8.43. The van der Waals surface area contributed by atoms with E-state index >= 15 is 0 Å². The van der Waals surface area contributed by atoms with Crippen molar-refractivity contribution in [2.75, 3.05) is 0 Å². The molecule has 0 saturated carbocycles. The lowest BCUT2D eigenvalue weighted by molar-refractivity contribution is 1.33. The van der Waals surface area contributed by atoms with E-state index in [2.05, 4.69) is 20.0 Å². The van der Waals surface area contributed by atoms with Crippen LogP contribution in [-0.4, -0.2) is 9.97 Å². The summed E-state index contributed by atoms with van der Waals surface area (Å²) in [6.07, 6.45) is 0. The quantitative estimate of drug-likeness (QED) is 0.404. The van der Waals surface area contributed by atoms with Crippen molar-refractivity contribution in [1.82, 2.24) is 9.97 Å². The Balaban J connectivity index is 2.13. The highest BCUT2D eigenvalue weighted by molar-refractivity contribution is 5.79. The van der Waals surface area contributed by atoms with Crippen LogP contribution in [0, 0.1) is 0 Å². The molecule has 2 aromatic carbocycles. The number of nitrogens with zero attached hydrogens (tertiary/aromatic N) is 4. The summed E-state index contributed by atoms with van der Waals surface area (Å²) in [5.74, 6) is 0.770. The van der Waals surface area contributed by atoms with Gasteiger partial charge in [-0.05, 0) is 23.7 Å². The molecule has 0 radical (unpaired) electrons. The van der Waals surface area contributed by atoms with Gasteiger partial charge in [-0.15, -0.1) is 0 Å². The molecule has 0 aliphatic rings. The Morgan fingerprint density at radius 1 is 1.11 bits per heavy atom. The molecule has 18 heavy (non-hydrogen) atoms. The molecule has 86 valence electrons. The second kappa shape index (κ2) is 4.24. The highest BCUT2D eigenvalue weighted by atomic mass is 15.1. The van der Waals surface area contributed by atoms with Gasteiger partial charge < -0.3 is 4.98 Å². The van der Waals surface area contributed by atoms with Gasteiger partial charge in [0.15, 0.2) is 0 Å². The number of H-pyrrole nitrogens is 1. The average molecular weight is 235 g/mol. The Morgan fingerprint density at radius 2 is 2.00 bits per heavy atom. The second-order valence-corrected chi connectivity index (χ2v) is 3.84. The third-order valence-corrected chi connectivity index (χ3v) is 2.67. The number of fused-ring (bicyclic) bond motifs is 1. The first kappa shape index (κ1) is 10.4. The summed E-state index contributed by atoms with van der Waals surface area (Å²) < 4.78 is 0. The fourth-order valence-corrected chi connectivity index (χ4v) is 1.86. The van der Waals surface area contributed by atoms with Gasteiger partial charge in [0, 0.05) is 16.2 Å². The highest BCUT2D eigenvalue weighted by Crippen LogP contribution is 2.24. The van der Waals surface area contributed by atoms with Crippen molar-refractivity contribution < 1.29 is 0 Å². The second-order valence-electron chi connectivity index (χ2n) is 3.84. The van der Waals surface area contributed by atoms with Gasteiger partial charge in [0.25, 0.3) is 0 Å². The predicted octanol–water partition coefficient (Wildman–Crippen LogP) is 4.17. The molecular formula is C13H9N5. The van der Waals surface area contributed by atoms with E-state index < -0.39 is 0 Å². The molecule has 0 amide bonds. The summed E-state index contributed by atoms with van der Waals surface area (Å²) in [7, 11) is 0. The Kier molecular flexibility index (Phi) is 2.44. The first-order chi connectivity index (χ1) is 8.86. The fraction of sp³-hybridized carbons (Fsp3) is 0. The van der Waals surface area contributed by atoms with Crippen molar-refractivity contribution in [3.8, 4) is 11.4 Å². The van der Waals surface area contributed by atoms with Crippen LogP contribution < -0.4 is 0 Å². The molecule has 3 aromatic rings. The van der Waals surface area contributed by atoms with Crippen LogP contribution in [0.3, 0.4) is 0 Å². The normalized spacial score (nSPS) is 10.2. The summed E-state index contributed by atoms with van der Waals surface area (Å²) in [5.41, 5.74) is 11.8. The molecule has 0 saturated heterocycles. The highest BCUT2D eigenvalue weighted by Gasteiger charge is 2.04. The van der Waals surface area contributed by atoms with Gasteiger partial charge in [-0.2, -0.15) is 0 Å². The number of azide groups is 1. The van der Waals surface area contributed by atoms with Gasteiger partial charge in [-0.25, -0.2) is 4.98 Å². The minimum atomic E-state index is 0.579. The summed E-state index contributed by atoms with van der Waals surface area (Å²) in [5, 5.41) is 3.59. The summed E-state index contributed by atoms with van der Waals surface area (Å²) in [6, 6.07) is 15.2. The molecule has 1 N–H and O–H groups in total. The number of benzene rings is 2. The van der Waals surface area contributed by atoms with Crippen molar-refractivity contribution in [2.24, 2.45) is 5.11 Å². The van der Waals surface area contributed by atoms with Crippen LogP contribution >= 0.6 is 0 Å². The summed E-state index contributed by atoms with van der Waals surface area (Å²) in [6.45, 7) is 0. The number of imidazole rings is 1. The summed E-state index contributed by atoms with van der Waals surface area (Å²) >= 11 is 0. The summed E-state index contributed by atoms with van der Waals surface area (Å²) in [4.78, 5) is 10.5. The number of nitrogens with one attached hydrogen (secondary N) is 1. The lowest BCUT2D eigenvalue weighted by Crippen LogP contribution is -1.78. The van der Waals surface area contributed by atoms with E-state index in [1.165, 1.54) is 0 Å². The first-order valence-electron chi connectivity index (χ1n) is 5.47. The van der Waals surface area contributed by atoms with E-state index in [4.69, 9.17) is 5.53 Å². The van der Waals surface area contributed by atoms with Gasteiger partial charge in [-0.3, -0.25) is 0 Å². The van der Waals surface area contributed by atoms with Crippen LogP contribution in [0.15, 0.2) is 53.6 Å². The molecule has 1 aromatic heterocycles. The Labute approximate surface area is 103 Å².